The van der Waals surface area contributed by atoms with Crippen molar-refractivity contribution in [2.45, 2.75) is 31.9 Å². The third-order valence-electron chi connectivity index (χ3n) is 6.52. The number of benzene rings is 1. The molecule has 0 radical (unpaired) electrons. The Balaban J connectivity index is 1.47. The minimum Gasteiger partial charge on any atom is -0.497 e. The first-order valence-electron chi connectivity index (χ1n) is 11.7. The first-order chi connectivity index (χ1) is 16.0. The second-order valence-electron chi connectivity index (χ2n) is 9.23. The van der Waals surface area contributed by atoms with Gasteiger partial charge in [0.2, 0.25) is 17.7 Å². The summed E-state index contributed by atoms with van der Waals surface area (Å²) in [6, 6.07) is 7.65. The second kappa shape index (κ2) is 10.4. The summed E-state index contributed by atoms with van der Waals surface area (Å²) in [6.07, 6.45) is 3.93. The highest BCUT2D eigenvalue weighted by Gasteiger charge is 2.39. The van der Waals surface area contributed by atoms with Crippen molar-refractivity contribution in [2.75, 3.05) is 46.4 Å². The molecule has 4 rings (SSSR count). The first-order valence-corrected chi connectivity index (χ1v) is 11.7. The van der Waals surface area contributed by atoms with E-state index in [2.05, 4.69) is 6.58 Å². The van der Waals surface area contributed by atoms with E-state index in [0.717, 1.165) is 11.3 Å². The summed E-state index contributed by atoms with van der Waals surface area (Å²) in [5, 5.41) is 0. The molecule has 33 heavy (non-hydrogen) atoms. The van der Waals surface area contributed by atoms with Gasteiger partial charge in [0.05, 0.1) is 25.7 Å². The third-order valence-corrected chi connectivity index (χ3v) is 6.52. The van der Waals surface area contributed by atoms with Crippen LogP contribution in [0.3, 0.4) is 0 Å². The molecule has 2 aliphatic heterocycles. The monoisotopic (exact) mass is 455 g/mol. The zero-order valence-corrected chi connectivity index (χ0v) is 19.3. The van der Waals surface area contributed by atoms with Crippen molar-refractivity contribution in [1.29, 1.82) is 0 Å². The van der Waals surface area contributed by atoms with E-state index in [1.807, 2.05) is 24.3 Å². The molecule has 178 valence electrons. The number of hydrogen-bond acceptors (Lipinski definition) is 5. The number of hydrogen-bond donors (Lipinski definition) is 0. The average molecular weight is 456 g/mol. The summed E-state index contributed by atoms with van der Waals surface area (Å²) < 4.78 is 11.5. The average Bonchev–Trinajstić information content (AvgIpc) is 3.59. The molecule has 8 nitrogen and oxygen atoms in total. The molecule has 8 heteroatoms. The standard InChI is InChI=1S/C25H33N3O5/c1-3-9-26-13-20(11-23(26)29)25(31)28-15-22(33-17-18-7-8-18)14-27(24(30)16-28)12-19-5-4-6-21(10-19)32-2/h3-6,10,18,20,22H,1,7-9,11-17H2,2H3. The maximum absolute atomic E-state index is 13.3. The van der Waals surface area contributed by atoms with E-state index in [4.69, 9.17) is 9.47 Å². The zero-order valence-electron chi connectivity index (χ0n) is 19.3. The highest BCUT2D eigenvalue weighted by Crippen LogP contribution is 2.30. The van der Waals surface area contributed by atoms with Crippen molar-refractivity contribution in [3.63, 3.8) is 0 Å². The Hall–Kier alpha value is -2.87. The molecule has 3 amide bonds. The lowest BCUT2D eigenvalue weighted by atomic mass is 10.1. The molecule has 1 aliphatic carbocycles. The van der Waals surface area contributed by atoms with Gasteiger partial charge in [-0.05, 0) is 36.5 Å². The van der Waals surface area contributed by atoms with Gasteiger partial charge in [0.25, 0.3) is 0 Å². The van der Waals surface area contributed by atoms with Crippen LogP contribution < -0.4 is 4.74 Å². The Kier molecular flexibility index (Phi) is 7.33. The molecule has 0 spiro atoms. The Morgan fingerprint density at radius 3 is 2.70 bits per heavy atom. The lowest BCUT2D eigenvalue weighted by molar-refractivity contribution is -0.141. The summed E-state index contributed by atoms with van der Waals surface area (Å²) in [4.78, 5) is 43.8. The Bertz CT molecular complexity index is 900. The van der Waals surface area contributed by atoms with Crippen LogP contribution in [-0.2, 0) is 25.7 Å². The fourth-order valence-corrected chi connectivity index (χ4v) is 4.48. The number of methoxy groups -OCH3 is 1. The van der Waals surface area contributed by atoms with E-state index < -0.39 is 5.92 Å². The van der Waals surface area contributed by atoms with Gasteiger partial charge in [0, 0.05) is 45.8 Å². The highest BCUT2D eigenvalue weighted by molar-refractivity contribution is 5.91. The van der Waals surface area contributed by atoms with Gasteiger partial charge in [0.1, 0.15) is 5.75 Å². The predicted molar refractivity (Wildman–Crippen MR) is 122 cm³/mol. The molecule has 0 aromatic heterocycles. The molecule has 2 heterocycles. The van der Waals surface area contributed by atoms with Gasteiger partial charge in [0.15, 0.2) is 0 Å². The normalized spacial score (nSPS) is 23.6. The summed E-state index contributed by atoms with van der Waals surface area (Å²) in [5.74, 6) is 0.584. The van der Waals surface area contributed by atoms with Gasteiger partial charge in [-0.1, -0.05) is 18.2 Å². The maximum Gasteiger partial charge on any atom is 0.242 e. The third kappa shape index (κ3) is 5.93. The summed E-state index contributed by atoms with van der Waals surface area (Å²) >= 11 is 0. The number of ether oxygens (including phenoxy) is 2. The summed E-state index contributed by atoms with van der Waals surface area (Å²) in [5.41, 5.74) is 0.963. The summed E-state index contributed by atoms with van der Waals surface area (Å²) in [7, 11) is 1.62. The van der Waals surface area contributed by atoms with Gasteiger partial charge < -0.3 is 24.2 Å². The molecule has 1 aromatic rings. The molecule has 1 saturated carbocycles. The fourth-order valence-electron chi connectivity index (χ4n) is 4.48. The molecule has 3 fully saturated rings. The van der Waals surface area contributed by atoms with E-state index in [1.165, 1.54) is 12.8 Å². The van der Waals surface area contributed by atoms with Crippen LogP contribution in [0.1, 0.15) is 24.8 Å². The van der Waals surface area contributed by atoms with Gasteiger partial charge in [-0.25, -0.2) is 0 Å². The van der Waals surface area contributed by atoms with Crippen LogP contribution in [0, 0.1) is 11.8 Å². The van der Waals surface area contributed by atoms with E-state index in [1.54, 1.807) is 27.9 Å². The van der Waals surface area contributed by atoms with Crippen LogP contribution in [0.25, 0.3) is 0 Å². The van der Waals surface area contributed by atoms with Crippen LogP contribution in [0.4, 0.5) is 0 Å². The van der Waals surface area contributed by atoms with Gasteiger partial charge in [-0.3, -0.25) is 14.4 Å². The van der Waals surface area contributed by atoms with E-state index in [-0.39, 0.29) is 36.8 Å². The van der Waals surface area contributed by atoms with E-state index >= 15 is 0 Å². The fraction of sp³-hybridized carbons (Fsp3) is 0.560. The van der Waals surface area contributed by atoms with Crippen LogP contribution in [0.2, 0.25) is 0 Å². The van der Waals surface area contributed by atoms with Crippen molar-refractivity contribution in [1.82, 2.24) is 14.7 Å². The number of nitrogens with zero attached hydrogens (tertiary/aromatic N) is 3. The van der Waals surface area contributed by atoms with Crippen molar-refractivity contribution >= 4 is 17.7 Å². The highest BCUT2D eigenvalue weighted by atomic mass is 16.5. The van der Waals surface area contributed by atoms with E-state index in [0.29, 0.717) is 45.2 Å². The molecular weight excluding hydrogens is 422 g/mol. The van der Waals surface area contributed by atoms with Crippen LogP contribution in [-0.4, -0.2) is 85.0 Å². The van der Waals surface area contributed by atoms with Crippen molar-refractivity contribution in [3.8, 4) is 5.75 Å². The van der Waals surface area contributed by atoms with Gasteiger partial charge >= 0.3 is 0 Å². The first kappa shape index (κ1) is 23.3. The molecule has 2 atom stereocenters. The minimum absolute atomic E-state index is 0.00175. The van der Waals surface area contributed by atoms with Crippen LogP contribution in [0.5, 0.6) is 5.75 Å². The number of likely N-dealkylation sites (tertiary alicyclic amines) is 1. The van der Waals surface area contributed by atoms with Crippen molar-refractivity contribution in [2.24, 2.45) is 11.8 Å². The second-order valence-corrected chi connectivity index (χ2v) is 9.23. The zero-order chi connectivity index (χ0) is 23.4. The Morgan fingerprint density at radius 1 is 1.15 bits per heavy atom. The predicted octanol–water partition coefficient (Wildman–Crippen LogP) is 1.70. The molecule has 1 aromatic carbocycles. The molecule has 2 unspecified atom stereocenters. The SMILES string of the molecule is C=CCN1CC(C(=O)N2CC(=O)N(Cc3cccc(OC)c3)CC(OCC3CC3)C2)CC1=O. The number of amides is 3. The minimum atomic E-state index is -0.431. The quantitative estimate of drug-likeness (QED) is 0.530. The maximum atomic E-state index is 13.3. The smallest absolute Gasteiger partial charge is 0.242 e. The van der Waals surface area contributed by atoms with Crippen LogP contribution in [0.15, 0.2) is 36.9 Å². The lowest BCUT2D eigenvalue weighted by Crippen LogP contribution is -2.43. The number of carbonyl (C=O) groups excluding carboxylic acids is 3. The largest absolute Gasteiger partial charge is 0.497 e. The topological polar surface area (TPSA) is 79.4 Å². The van der Waals surface area contributed by atoms with Gasteiger partial charge in [-0.15, -0.1) is 6.58 Å². The summed E-state index contributed by atoms with van der Waals surface area (Å²) in [6.45, 7) is 6.35. The Morgan fingerprint density at radius 2 is 1.97 bits per heavy atom. The molecular formula is C25H33N3O5. The number of rotatable bonds is 9. The van der Waals surface area contributed by atoms with Crippen LogP contribution >= 0.6 is 0 Å². The van der Waals surface area contributed by atoms with Crippen molar-refractivity contribution in [3.05, 3.63) is 42.5 Å². The number of carbonyl (C=O) groups is 3. The lowest BCUT2D eigenvalue weighted by Gasteiger charge is -2.26. The molecule has 0 N–H and O–H groups in total. The molecule has 0 bridgehead atoms. The van der Waals surface area contributed by atoms with E-state index in [9.17, 15) is 14.4 Å². The van der Waals surface area contributed by atoms with Crippen molar-refractivity contribution < 1.29 is 23.9 Å². The molecule has 3 aliphatic rings. The van der Waals surface area contributed by atoms with Gasteiger partial charge in [-0.2, -0.15) is 0 Å². The molecule has 2 saturated heterocycles. The Labute approximate surface area is 195 Å².